The molecule has 2 aromatic rings. The molecular formula is C18H22N2O. The summed E-state index contributed by atoms with van der Waals surface area (Å²) in [7, 11) is 1.93. The predicted molar refractivity (Wildman–Crippen MR) is 84.6 cm³/mol. The molecule has 1 atom stereocenters. The van der Waals surface area contributed by atoms with Gasteiger partial charge in [0.1, 0.15) is 5.69 Å². The summed E-state index contributed by atoms with van der Waals surface area (Å²) >= 11 is 0. The number of aromatic nitrogens is 1. The molecule has 3 nitrogen and oxygen atoms in total. The normalized spacial score (nSPS) is 17.3. The molecular weight excluding hydrogens is 260 g/mol. The first-order chi connectivity index (χ1) is 10.2. The Balaban J connectivity index is 1.69. The van der Waals surface area contributed by atoms with Crippen molar-refractivity contribution in [1.29, 1.82) is 0 Å². The van der Waals surface area contributed by atoms with E-state index in [0.29, 0.717) is 5.92 Å². The lowest BCUT2D eigenvalue weighted by Crippen LogP contribution is -2.31. The molecule has 0 saturated heterocycles. The molecule has 0 aliphatic heterocycles. The molecule has 0 radical (unpaired) electrons. The molecule has 3 rings (SSSR count). The Kier molecular flexibility index (Phi) is 3.82. The van der Waals surface area contributed by atoms with E-state index >= 15 is 0 Å². The van der Waals surface area contributed by atoms with Crippen molar-refractivity contribution in [2.75, 3.05) is 6.54 Å². The number of fused-ring (bicyclic) bond motifs is 1. The third kappa shape index (κ3) is 2.73. The van der Waals surface area contributed by atoms with Crippen LogP contribution in [0.15, 0.2) is 36.4 Å². The van der Waals surface area contributed by atoms with Crippen LogP contribution in [0.4, 0.5) is 0 Å². The Morgan fingerprint density at radius 3 is 2.86 bits per heavy atom. The maximum Gasteiger partial charge on any atom is 0.267 e. The molecule has 3 heteroatoms. The van der Waals surface area contributed by atoms with Crippen molar-refractivity contribution in [2.45, 2.75) is 32.1 Å². The fraction of sp³-hybridized carbons (Fsp3) is 0.389. The van der Waals surface area contributed by atoms with Crippen molar-refractivity contribution < 1.29 is 4.79 Å². The highest BCUT2D eigenvalue weighted by Crippen LogP contribution is 2.30. The number of benzene rings is 1. The Morgan fingerprint density at radius 2 is 2.10 bits per heavy atom. The summed E-state index contributed by atoms with van der Waals surface area (Å²) in [5.74, 6) is 0.467. The minimum Gasteiger partial charge on any atom is -0.350 e. The molecule has 1 aromatic heterocycles. The second kappa shape index (κ2) is 5.76. The van der Waals surface area contributed by atoms with E-state index in [4.69, 9.17) is 0 Å². The smallest absolute Gasteiger partial charge is 0.267 e. The summed E-state index contributed by atoms with van der Waals surface area (Å²) in [5, 5.41) is 3.10. The molecule has 1 unspecified atom stereocenters. The van der Waals surface area contributed by atoms with Gasteiger partial charge in [0.05, 0.1) is 0 Å². The highest BCUT2D eigenvalue weighted by molar-refractivity contribution is 5.92. The van der Waals surface area contributed by atoms with Crippen LogP contribution < -0.4 is 5.32 Å². The van der Waals surface area contributed by atoms with Crippen molar-refractivity contribution in [3.05, 3.63) is 58.9 Å². The van der Waals surface area contributed by atoms with Crippen LogP contribution in [0.3, 0.4) is 0 Å². The van der Waals surface area contributed by atoms with E-state index in [-0.39, 0.29) is 5.91 Å². The van der Waals surface area contributed by atoms with Crippen LogP contribution in [-0.4, -0.2) is 17.0 Å². The molecule has 1 aromatic carbocycles. The van der Waals surface area contributed by atoms with Crippen LogP contribution in [0.5, 0.6) is 0 Å². The number of carbonyl (C=O) groups excluding carboxylic acids is 1. The van der Waals surface area contributed by atoms with E-state index in [2.05, 4.69) is 29.6 Å². The topological polar surface area (TPSA) is 34.0 Å². The zero-order valence-corrected chi connectivity index (χ0v) is 12.7. The number of rotatable bonds is 3. The van der Waals surface area contributed by atoms with Gasteiger partial charge in [-0.2, -0.15) is 0 Å². The minimum atomic E-state index is 0.0219. The zero-order valence-electron chi connectivity index (χ0n) is 12.7. The number of hydrogen-bond donors (Lipinski definition) is 1. The quantitative estimate of drug-likeness (QED) is 0.921. The third-order valence-electron chi connectivity index (χ3n) is 4.61. The maximum atomic E-state index is 12.3. The van der Waals surface area contributed by atoms with Crippen molar-refractivity contribution >= 4 is 5.91 Å². The van der Waals surface area contributed by atoms with Gasteiger partial charge in [0.2, 0.25) is 0 Å². The fourth-order valence-corrected chi connectivity index (χ4v) is 3.21. The van der Waals surface area contributed by atoms with Crippen LogP contribution in [0.2, 0.25) is 0 Å². The monoisotopic (exact) mass is 282 g/mol. The first-order valence-electron chi connectivity index (χ1n) is 7.65. The number of nitrogens with zero attached hydrogens (tertiary/aromatic N) is 1. The summed E-state index contributed by atoms with van der Waals surface area (Å²) in [6.45, 7) is 2.73. The van der Waals surface area contributed by atoms with Crippen molar-refractivity contribution in [2.24, 2.45) is 7.05 Å². The molecule has 1 amide bonds. The lowest BCUT2D eigenvalue weighted by molar-refractivity contribution is 0.0942. The van der Waals surface area contributed by atoms with E-state index < -0.39 is 0 Å². The molecule has 1 N–H and O–H groups in total. The lowest BCUT2D eigenvalue weighted by atomic mass is 9.83. The Morgan fingerprint density at radius 1 is 1.29 bits per heavy atom. The SMILES string of the molecule is Cc1ccc(C(=O)NCC2CCCc3ccccc32)n1C. The number of aryl methyl sites for hydroxylation is 2. The van der Waals surface area contributed by atoms with Gasteiger partial charge in [-0.15, -0.1) is 0 Å². The third-order valence-corrected chi connectivity index (χ3v) is 4.61. The van der Waals surface area contributed by atoms with Gasteiger partial charge in [0.15, 0.2) is 0 Å². The molecule has 0 bridgehead atoms. The van der Waals surface area contributed by atoms with Gasteiger partial charge in [0.25, 0.3) is 5.91 Å². The van der Waals surface area contributed by atoms with Crippen LogP contribution in [-0.2, 0) is 13.5 Å². The van der Waals surface area contributed by atoms with Gasteiger partial charge in [-0.25, -0.2) is 0 Å². The number of nitrogens with one attached hydrogen (secondary N) is 1. The molecule has 110 valence electrons. The number of amides is 1. The summed E-state index contributed by atoms with van der Waals surface area (Å²) in [6.07, 6.45) is 3.53. The first kappa shape index (κ1) is 13.9. The number of hydrogen-bond acceptors (Lipinski definition) is 1. The summed E-state index contributed by atoms with van der Waals surface area (Å²) in [5.41, 5.74) is 4.68. The Bertz CT molecular complexity index is 657. The van der Waals surface area contributed by atoms with Gasteiger partial charge in [-0.1, -0.05) is 24.3 Å². The van der Waals surface area contributed by atoms with Crippen molar-refractivity contribution in [3.8, 4) is 0 Å². The van der Waals surface area contributed by atoms with E-state index in [1.807, 2.05) is 30.7 Å². The van der Waals surface area contributed by atoms with E-state index in [1.165, 1.54) is 17.5 Å². The van der Waals surface area contributed by atoms with E-state index in [0.717, 1.165) is 30.8 Å². The van der Waals surface area contributed by atoms with E-state index in [9.17, 15) is 4.79 Å². The number of carbonyl (C=O) groups is 1. The molecule has 0 spiro atoms. The highest BCUT2D eigenvalue weighted by atomic mass is 16.1. The second-order valence-corrected chi connectivity index (χ2v) is 5.92. The molecule has 1 aliphatic carbocycles. The van der Waals surface area contributed by atoms with Crippen LogP contribution in [0.25, 0.3) is 0 Å². The Labute approximate surface area is 126 Å². The summed E-state index contributed by atoms with van der Waals surface area (Å²) < 4.78 is 1.93. The summed E-state index contributed by atoms with van der Waals surface area (Å²) in [4.78, 5) is 12.3. The minimum absolute atomic E-state index is 0.0219. The van der Waals surface area contributed by atoms with Gasteiger partial charge in [-0.3, -0.25) is 4.79 Å². The zero-order chi connectivity index (χ0) is 14.8. The molecule has 1 heterocycles. The van der Waals surface area contributed by atoms with Crippen LogP contribution in [0.1, 0.15) is 46.1 Å². The average Bonchev–Trinajstić information content (AvgIpc) is 2.84. The maximum absolute atomic E-state index is 12.3. The molecule has 0 saturated carbocycles. The Hall–Kier alpha value is -2.03. The average molecular weight is 282 g/mol. The standard InChI is InChI=1S/C18H22N2O/c1-13-10-11-17(20(13)2)18(21)19-12-15-8-5-7-14-6-3-4-9-16(14)15/h3-4,6,9-11,15H,5,7-8,12H2,1-2H3,(H,19,21). The lowest BCUT2D eigenvalue weighted by Gasteiger charge is -2.25. The van der Waals surface area contributed by atoms with Gasteiger partial charge in [0, 0.05) is 25.2 Å². The first-order valence-corrected chi connectivity index (χ1v) is 7.65. The molecule has 21 heavy (non-hydrogen) atoms. The van der Waals surface area contributed by atoms with Crippen molar-refractivity contribution in [1.82, 2.24) is 9.88 Å². The summed E-state index contributed by atoms with van der Waals surface area (Å²) in [6, 6.07) is 12.5. The van der Waals surface area contributed by atoms with E-state index in [1.54, 1.807) is 0 Å². The largest absolute Gasteiger partial charge is 0.350 e. The fourth-order valence-electron chi connectivity index (χ4n) is 3.21. The molecule has 1 aliphatic rings. The van der Waals surface area contributed by atoms with Gasteiger partial charge >= 0.3 is 0 Å². The van der Waals surface area contributed by atoms with Crippen molar-refractivity contribution in [3.63, 3.8) is 0 Å². The van der Waals surface area contributed by atoms with Crippen LogP contribution in [0, 0.1) is 6.92 Å². The van der Waals surface area contributed by atoms with Crippen LogP contribution >= 0.6 is 0 Å². The second-order valence-electron chi connectivity index (χ2n) is 5.92. The molecule has 0 fully saturated rings. The van der Waals surface area contributed by atoms with Gasteiger partial charge in [-0.05, 0) is 49.4 Å². The predicted octanol–water partition coefficient (Wildman–Crippen LogP) is 3.18. The highest BCUT2D eigenvalue weighted by Gasteiger charge is 2.21. The van der Waals surface area contributed by atoms with Gasteiger partial charge < -0.3 is 9.88 Å².